The molecule has 0 bridgehead atoms. The summed E-state index contributed by atoms with van der Waals surface area (Å²) in [6.45, 7) is 0.154. The second kappa shape index (κ2) is 5.59. The Kier molecular flexibility index (Phi) is 4.07. The van der Waals surface area contributed by atoms with E-state index < -0.39 is 23.8 Å². The first-order valence-electron chi connectivity index (χ1n) is 6.82. The van der Waals surface area contributed by atoms with E-state index in [1.807, 2.05) is 0 Å². The summed E-state index contributed by atoms with van der Waals surface area (Å²) in [5.74, 6) is -2.30. The summed E-state index contributed by atoms with van der Waals surface area (Å²) in [7, 11) is 0. The molecule has 2 aliphatic rings. The average Bonchev–Trinajstić information content (AvgIpc) is 2.73. The first kappa shape index (κ1) is 13.8. The van der Waals surface area contributed by atoms with Crippen molar-refractivity contribution in [2.75, 3.05) is 6.54 Å². The molecule has 2 amide bonds. The summed E-state index contributed by atoms with van der Waals surface area (Å²) in [6, 6.07) is -0.794. The van der Waals surface area contributed by atoms with Gasteiger partial charge >= 0.3 is 5.97 Å². The standard InChI is InChI=1S/C13H20N2O4/c14-12(17)9-6-10(16)15(7-9)11(13(18)19)8-4-2-1-3-5-8/h8-9,11H,1-7H2,(H2,14,17)(H,18,19)/t9?,11-/m0/s1. The highest BCUT2D eigenvalue weighted by Gasteiger charge is 2.43. The fourth-order valence-electron chi connectivity index (χ4n) is 3.23. The summed E-state index contributed by atoms with van der Waals surface area (Å²) in [5, 5.41) is 9.42. The molecule has 0 radical (unpaired) electrons. The molecule has 0 aromatic rings. The number of carboxylic acids is 1. The molecular weight excluding hydrogens is 248 g/mol. The van der Waals surface area contributed by atoms with Gasteiger partial charge < -0.3 is 15.7 Å². The second-order valence-electron chi connectivity index (χ2n) is 5.53. The Balaban J connectivity index is 2.13. The summed E-state index contributed by atoms with van der Waals surface area (Å²) < 4.78 is 0. The van der Waals surface area contributed by atoms with Gasteiger partial charge in [0.2, 0.25) is 11.8 Å². The van der Waals surface area contributed by atoms with Crippen LogP contribution in [-0.2, 0) is 14.4 Å². The van der Waals surface area contributed by atoms with E-state index in [2.05, 4.69) is 0 Å². The van der Waals surface area contributed by atoms with Crippen LogP contribution in [0.3, 0.4) is 0 Å². The number of hydrogen-bond acceptors (Lipinski definition) is 3. The van der Waals surface area contributed by atoms with Gasteiger partial charge in [-0.15, -0.1) is 0 Å². The molecule has 1 heterocycles. The fraction of sp³-hybridized carbons (Fsp3) is 0.769. The zero-order valence-electron chi connectivity index (χ0n) is 10.9. The Labute approximate surface area is 111 Å². The van der Waals surface area contributed by atoms with Crippen LogP contribution in [0.4, 0.5) is 0 Å². The van der Waals surface area contributed by atoms with E-state index in [4.69, 9.17) is 5.73 Å². The Morgan fingerprint density at radius 1 is 1.26 bits per heavy atom. The number of primary amides is 1. The Morgan fingerprint density at radius 3 is 2.37 bits per heavy atom. The normalized spacial score (nSPS) is 26.4. The minimum absolute atomic E-state index is 0.00169. The van der Waals surface area contributed by atoms with Crippen molar-refractivity contribution in [1.82, 2.24) is 4.90 Å². The van der Waals surface area contributed by atoms with Gasteiger partial charge in [-0.05, 0) is 18.8 Å². The van der Waals surface area contributed by atoms with Gasteiger partial charge in [0.05, 0.1) is 5.92 Å². The maximum Gasteiger partial charge on any atom is 0.326 e. The van der Waals surface area contributed by atoms with Crippen LogP contribution in [0.25, 0.3) is 0 Å². The van der Waals surface area contributed by atoms with Crippen molar-refractivity contribution in [2.24, 2.45) is 17.6 Å². The molecular formula is C13H20N2O4. The number of amides is 2. The van der Waals surface area contributed by atoms with E-state index in [1.54, 1.807) is 0 Å². The van der Waals surface area contributed by atoms with Crippen LogP contribution in [0.2, 0.25) is 0 Å². The molecule has 1 unspecified atom stereocenters. The molecule has 1 aliphatic carbocycles. The SMILES string of the molecule is NC(=O)C1CC(=O)N([C@H](C(=O)O)C2CCCCC2)C1. The molecule has 6 heteroatoms. The van der Waals surface area contributed by atoms with Crippen molar-refractivity contribution in [3.63, 3.8) is 0 Å². The second-order valence-corrected chi connectivity index (χ2v) is 5.53. The number of carboxylic acid groups (broad SMARTS) is 1. The minimum Gasteiger partial charge on any atom is -0.480 e. The van der Waals surface area contributed by atoms with Gasteiger partial charge in [0.1, 0.15) is 6.04 Å². The highest BCUT2D eigenvalue weighted by Crippen LogP contribution is 2.32. The Morgan fingerprint density at radius 2 is 1.89 bits per heavy atom. The van der Waals surface area contributed by atoms with E-state index in [0.717, 1.165) is 32.1 Å². The zero-order chi connectivity index (χ0) is 14.0. The molecule has 106 valence electrons. The van der Waals surface area contributed by atoms with Crippen LogP contribution in [-0.4, -0.2) is 40.4 Å². The van der Waals surface area contributed by atoms with E-state index in [0.29, 0.717) is 0 Å². The number of likely N-dealkylation sites (tertiary alicyclic amines) is 1. The number of carbonyl (C=O) groups excluding carboxylic acids is 2. The first-order chi connectivity index (χ1) is 9.00. The Bertz CT molecular complexity index is 390. The average molecular weight is 268 g/mol. The molecule has 1 saturated carbocycles. The molecule has 1 aliphatic heterocycles. The summed E-state index contributed by atoms with van der Waals surface area (Å²) in [5.41, 5.74) is 5.21. The smallest absolute Gasteiger partial charge is 0.326 e. The first-order valence-corrected chi connectivity index (χ1v) is 6.82. The van der Waals surface area contributed by atoms with E-state index in [1.165, 1.54) is 4.90 Å². The third kappa shape index (κ3) is 2.88. The predicted octanol–water partition coefficient (Wildman–Crippen LogP) is 0.354. The van der Waals surface area contributed by atoms with Gasteiger partial charge in [0, 0.05) is 13.0 Å². The number of nitrogens with two attached hydrogens (primary N) is 1. The summed E-state index contributed by atoms with van der Waals surface area (Å²) in [6.07, 6.45) is 4.86. The largest absolute Gasteiger partial charge is 0.480 e. The molecule has 3 N–H and O–H groups in total. The Hall–Kier alpha value is -1.59. The number of nitrogens with zero attached hydrogens (tertiary/aromatic N) is 1. The van der Waals surface area contributed by atoms with Gasteiger partial charge in [0.15, 0.2) is 0 Å². The van der Waals surface area contributed by atoms with Crippen LogP contribution in [0.1, 0.15) is 38.5 Å². The third-order valence-corrected chi connectivity index (χ3v) is 4.25. The quantitative estimate of drug-likeness (QED) is 0.768. The molecule has 0 spiro atoms. The van der Waals surface area contributed by atoms with Crippen LogP contribution in [0.5, 0.6) is 0 Å². The van der Waals surface area contributed by atoms with Gasteiger partial charge in [0.25, 0.3) is 0 Å². The molecule has 0 aromatic carbocycles. The van der Waals surface area contributed by atoms with Gasteiger partial charge in [-0.25, -0.2) is 4.79 Å². The van der Waals surface area contributed by atoms with Crippen molar-refractivity contribution in [2.45, 2.75) is 44.6 Å². The van der Waals surface area contributed by atoms with Crippen molar-refractivity contribution >= 4 is 17.8 Å². The maximum absolute atomic E-state index is 11.9. The van der Waals surface area contributed by atoms with Crippen LogP contribution < -0.4 is 5.73 Å². The van der Waals surface area contributed by atoms with Gasteiger partial charge in [-0.1, -0.05) is 19.3 Å². The lowest BCUT2D eigenvalue weighted by molar-refractivity contribution is -0.151. The molecule has 19 heavy (non-hydrogen) atoms. The molecule has 2 fully saturated rings. The number of hydrogen-bond donors (Lipinski definition) is 2. The minimum atomic E-state index is -0.967. The number of carbonyl (C=O) groups is 3. The topological polar surface area (TPSA) is 101 Å². The van der Waals surface area contributed by atoms with Gasteiger partial charge in [-0.2, -0.15) is 0 Å². The van der Waals surface area contributed by atoms with E-state index in [9.17, 15) is 19.5 Å². The highest BCUT2D eigenvalue weighted by atomic mass is 16.4. The van der Waals surface area contributed by atoms with Crippen molar-refractivity contribution in [1.29, 1.82) is 0 Å². The lowest BCUT2D eigenvalue weighted by atomic mass is 9.83. The van der Waals surface area contributed by atoms with Crippen molar-refractivity contribution < 1.29 is 19.5 Å². The summed E-state index contributed by atoms with van der Waals surface area (Å²) in [4.78, 5) is 35.9. The van der Waals surface area contributed by atoms with Crippen molar-refractivity contribution in [3.05, 3.63) is 0 Å². The maximum atomic E-state index is 11.9. The molecule has 6 nitrogen and oxygen atoms in total. The number of rotatable bonds is 4. The van der Waals surface area contributed by atoms with E-state index in [-0.39, 0.29) is 24.8 Å². The van der Waals surface area contributed by atoms with Crippen LogP contribution >= 0.6 is 0 Å². The monoisotopic (exact) mass is 268 g/mol. The van der Waals surface area contributed by atoms with Gasteiger partial charge in [-0.3, -0.25) is 9.59 Å². The van der Waals surface area contributed by atoms with Crippen molar-refractivity contribution in [3.8, 4) is 0 Å². The molecule has 2 atom stereocenters. The highest BCUT2D eigenvalue weighted by molar-refractivity contribution is 5.91. The van der Waals surface area contributed by atoms with E-state index >= 15 is 0 Å². The predicted molar refractivity (Wildman–Crippen MR) is 67.0 cm³/mol. The molecule has 0 aromatic heterocycles. The summed E-state index contributed by atoms with van der Waals surface area (Å²) >= 11 is 0. The van der Waals surface area contributed by atoms with Crippen LogP contribution in [0.15, 0.2) is 0 Å². The lowest BCUT2D eigenvalue weighted by Gasteiger charge is -2.33. The number of aliphatic carboxylic acids is 1. The lowest BCUT2D eigenvalue weighted by Crippen LogP contribution is -2.48. The molecule has 2 rings (SSSR count). The molecule has 1 saturated heterocycles. The zero-order valence-corrected chi connectivity index (χ0v) is 10.9. The van der Waals surface area contributed by atoms with Crippen LogP contribution in [0, 0.1) is 11.8 Å². The fourth-order valence-corrected chi connectivity index (χ4v) is 3.23. The third-order valence-electron chi connectivity index (χ3n) is 4.25.